The van der Waals surface area contributed by atoms with Gasteiger partial charge in [0.1, 0.15) is 11.6 Å². The quantitative estimate of drug-likeness (QED) is 0.916. The highest BCUT2D eigenvalue weighted by atomic mass is 19.1. The van der Waals surface area contributed by atoms with Crippen LogP contribution in [0, 0.1) is 11.7 Å². The Hall–Kier alpha value is -1.88. The summed E-state index contributed by atoms with van der Waals surface area (Å²) in [7, 11) is 0. The molecule has 1 saturated carbocycles. The Balaban J connectivity index is 1.74. The van der Waals surface area contributed by atoms with Crippen molar-refractivity contribution >= 4 is 5.82 Å². The Morgan fingerprint density at radius 2 is 2.05 bits per heavy atom. The first kappa shape index (κ1) is 14.1. The Labute approximate surface area is 123 Å². The summed E-state index contributed by atoms with van der Waals surface area (Å²) < 4.78 is 24.0. The van der Waals surface area contributed by atoms with E-state index >= 15 is 0 Å². The third-order valence-corrected chi connectivity index (χ3v) is 3.99. The van der Waals surface area contributed by atoms with Crippen molar-refractivity contribution in [3.8, 4) is 11.1 Å². The molecule has 2 aromatic rings. The van der Waals surface area contributed by atoms with Crippen molar-refractivity contribution in [1.82, 2.24) is 5.16 Å². The summed E-state index contributed by atoms with van der Waals surface area (Å²) in [4.78, 5) is 0. The number of aromatic nitrogens is 1. The molecule has 2 N–H and O–H groups in total. The molecule has 21 heavy (non-hydrogen) atoms. The molecule has 1 heterocycles. The summed E-state index contributed by atoms with van der Waals surface area (Å²) in [5.74, 6) is 1.40. The van der Waals surface area contributed by atoms with E-state index in [1.807, 2.05) is 6.92 Å². The summed E-state index contributed by atoms with van der Waals surface area (Å²) >= 11 is 0. The van der Waals surface area contributed by atoms with Gasteiger partial charge in [-0.05, 0) is 43.4 Å². The van der Waals surface area contributed by atoms with Gasteiger partial charge in [0, 0.05) is 13.0 Å². The highest BCUT2D eigenvalue weighted by molar-refractivity contribution is 5.75. The van der Waals surface area contributed by atoms with Crippen molar-refractivity contribution in [3.05, 3.63) is 35.8 Å². The van der Waals surface area contributed by atoms with Gasteiger partial charge >= 0.3 is 0 Å². The number of rotatable bonds is 5. The van der Waals surface area contributed by atoms with Crippen LogP contribution in [0.15, 0.2) is 28.8 Å². The fourth-order valence-corrected chi connectivity index (χ4v) is 2.88. The minimum atomic E-state index is -0.270. The molecule has 0 amide bonds. The van der Waals surface area contributed by atoms with Gasteiger partial charge in [0.2, 0.25) is 0 Å². The molecule has 0 radical (unpaired) electrons. The van der Waals surface area contributed by atoms with Crippen LogP contribution < -0.4 is 5.73 Å². The summed E-state index contributed by atoms with van der Waals surface area (Å²) in [6.07, 6.45) is 3.24. The number of halogens is 1. The van der Waals surface area contributed by atoms with Crippen molar-refractivity contribution < 1.29 is 13.7 Å². The van der Waals surface area contributed by atoms with Gasteiger partial charge in [0.05, 0.1) is 11.7 Å². The maximum Gasteiger partial charge on any atom is 0.175 e. The SMILES string of the molecule is CCOC1CC(Cc2onc(N)c2-c2ccc(F)cc2)C1. The number of ether oxygens (including phenoxy) is 1. The molecule has 1 aliphatic carbocycles. The van der Waals surface area contributed by atoms with Gasteiger partial charge in [-0.1, -0.05) is 17.3 Å². The average Bonchev–Trinajstić information content (AvgIpc) is 2.79. The van der Waals surface area contributed by atoms with E-state index in [9.17, 15) is 4.39 Å². The second kappa shape index (κ2) is 5.85. The second-order valence-electron chi connectivity index (χ2n) is 5.49. The molecule has 0 bridgehead atoms. The third-order valence-electron chi connectivity index (χ3n) is 3.99. The molecule has 5 heteroatoms. The molecule has 1 fully saturated rings. The molecule has 1 aromatic carbocycles. The predicted octanol–water partition coefficient (Wildman–Crippen LogP) is 3.42. The molecule has 0 saturated heterocycles. The van der Waals surface area contributed by atoms with Crippen LogP contribution in [0.1, 0.15) is 25.5 Å². The molecule has 1 aromatic heterocycles. The maximum absolute atomic E-state index is 13.0. The first-order valence-electron chi connectivity index (χ1n) is 7.29. The van der Waals surface area contributed by atoms with Crippen LogP contribution in [0.25, 0.3) is 11.1 Å². The van der Waals surface area contributed by atoms with Gasteiger partial charge in [0.25, 0.3) is 0 Å². The van der Waals surface area contributed by atoms with Crippen molar-refractivity contribution in [2.45, 2.75) is 32.3 Å². The van der Waals surface area contributed by atoms with Crippen molar-refractivity contribution in [1.29, 1.82) is 0 Å². The lowest BCUT2D eigenvalue weighted by atomic mass is 9.79. The predicted molar refractivity (Wildman–Crippen MR) is 78.2 cm³/mol. The molecule has 0 unspecified atom stereocenters. The van der Waals surface area contributed by atoms with E-state index in [1.165, 1.54) is 12.1 Å². The number of hydrogen-bond acceptors (Lipinski definition) is 4. The highest BCUT2D eigenvalue weighted by Gasteiger charge is 2.31. The van der Waals surface area contributed by atoms with Crippen molar-refractivity contribution in [2.75, 3.05) is 12.3 Å². The molecule has 0 spiro atoms. The van der Waals surface area contributed by atoms with E-state index in [2.05, 4.69) is 5.16 Å². The lowest BCUT2D eigenvalue weighted by Crippen LogP contribution is -2.32. The first-order valence-corrected chi connectivity index (χ1v) is 7.29. The molecule has 1 aliphatic rings. The molecule has 0 atom stereocenters. The molecular weight excluding hydrogens is 271 g/mol. The van der Waals surface area contributed by atoms with Crippen molar-refractivity contribution in [2.24, 2.45) is 5.92 Å². The second-order valence-corrected chi connectivity index (χ2v) is 5.49. The average molecular weight is 290 g/mol. The van der Waals surface area contributed by atoms with E-state index in [1.54, 1.807) is 12.1 Å². The van der Waals surface area contributed by atoms with Crippen LogP contribution in [0.2, 0.25) is 0 Å². The van der Waals surface area contributed by atoms with E-state index in [0.717, 1.165) is 42.8 Å². The van der Waals surface area contributed by atoms with Gasteiger partial charge in [-0.2, -0.15) is 0 Å². The lowest BCUT2D eigenvalue weighted by molar-refractivity contribution is -0.0254. The van der Waals surface area contributed by atoms with Gasteiger partial charge in [0.15, 0.2) is 5.82 Å². The van der Waals surface area contributed by atoms with Crippen LogP contribution in [-0.4, -0.2) is 17.9 Å². The smallest absolute Gasteiger partial charge is 0.175 e. The van der Waals surface area contributed by atoms with E-state index in [4.69, 9.17) is 15.0 Å². The van der Waals surface area contributed by atoms with Crippen LogP contribution in [0.4, 0.5) is 10.2 Å². The molecule has 4 nitrogen and oxygen atoms in total. The zero-order valence-electron chi connectivity index (χ0n) is 12.0. The summed E-state index contributed by atoms with van der Waals surface area (Å²) in [6, 6.07) is 6.23. The van der Waals surface area contributed by atoms with Crippen molar-refractivity contribution in [3.63, 3.8) is 0 Å². The largest absolute Gasteiger partial charge is 0.380 e. The van der Waals surface area contributed by atoms with Crippen LogP contribution >= 0.6 is 0 Å². The van der Waals surface area contributed by atoms with Gasteiger partial charge < -0.3 is 15.0 Å². The number of nitrogens with zero attached hydrogens (tertiary/aromatic N) is 1. The number of benzene rings is 1. The molecule has 0 aliphatic heterocycles. The summed E-state index contributed by atoms with van der Waals surface area (Å²) in [6.45, 7) is 2.77. The van der Waals surface area contributed by atoms with Gasteiger partial charge in [-0.15, -0.1) is 0 Å². The standard InChI is InChI=1S/C16H19FN2O2/c1-2-20-13-7-10(8-13)9-14-15(16(18)19-21-14)11-3-5-12(17)6-4-11/h3-6,10,13H,2,7-9H2,1H3,(H2,18,19). The minimum Gasteiger partial charge on any atom is -0.380 e. The topological polar surface area (TPSA) is 61.3 Å². The molecule has 112 valence electrons. The fourth-order valence-electron chi connectivity index (χ4n) is 2.88. The Morgan fingerprint density at radius 3 is 2.71 bits per heavy atom. The van der Waals surface area contributed by atoms with E-state index in [0.29, 0.717) is 17.8 Å². The third kappa shape index (κ3) is 2.93. The number of nitrogen functional groups attached to an aromatic ring is 1. The summed E-state index contributed by atoms with van der Waals surface area (Å²) in [5.41, 5.74) is 7.52. The van der Waals surface area contributed by atoms with E-state index in [-0.39, 0.29) is 5.82 Å². The molecular formula is C16H19FN2O2. The minimum absolute atomic E-state index is 0.270. The van der Waals surface area contributed by atoms with E-state index < -0.39 is 0 Å². The Morgan fingerprint density at radius 1 is 1.33 bits per heavy atom. The van der Waals surface area contributed by atoms with Crippen LogP contribution in [0.3, 0.4) is 0 Å². The number of hydrogen-bond donors (Lipinski definition) is 1. The Bertz CT molecular complexity index is 603. The summed E-state index contributed by atoms with van der Waals surface area (Å²) in [5, 5.41) is 3.86. The Kier molecular flexibility index (Phi) is 3.92. The maximum atomic E-state index is 13.0. The zero-order valence-corrected chi connectivity index (χ0v) is 12.0. The monoisotopic (exact) mass is 290 g/mol. The number of nitrogens with two attached hydrogens (primary N) is 1. The van der Waals surface area contributed by atoms with Crippen LogP contribution in [0.5, 0.6) is 0 Å². The fraction of sp³-hybridized carbons (Fsp3) is 0.438. The highest BCUT2D eigenvalue weighted by Crippen LogP contribution is 2.37. The lowest BCUT2D eigenvalue weighted by Gasteiger charge is -2.34. The first-order chi connectivity index (χ1) is 10.2. The normalized spacial score (nSPS) is 21.2. The zero-order chi connectivity index (χ0) is 14.8. The molecule has 3 rings (SSSR count). The number of anilines is 1. The van der Waals surface area contributed by atoms with Gasteiger partial charge in [-0.3, -0.25) is 0 Å². The van der Waals surface area contributed by atoms with Crippen LogP contribution in [-0.2, 0) is 11.2 Å². The van der Waals surface area contributed by atoms with Gasteiger partial charge in [-0.25, -0.2) is 4.39 Å².